The average molecular weight is 227 g/mol. The first-order chi connectivity index (χ1) is 5.71. The van der Waals surface area contributed by atoms with Gasteiger partial charge in [-0.2, -0.15) is 8.42 Å². The van der Waals surface area contributed by atoms with Crippen LogP contribution < -0.4 is 5.73 Å². The summed E-state index contributed by atoms with van der Waals surface area (Å²) in [5.74, 6) is 0. The molecule has 0 aliphatic rings. The Bertz CT molecular complexity index is 225. The Kier molecular flexibility index (Phi) is 5.88. The van der Waals surface area contributed by atoms with Gasteiger partial charge >= 0.3 is 10.4 Å². The molecule has 0 aliphatic heterocycles. The van der Waals surface area contributed by atoms with Crippen molar-refractivity contribution >= 4 is 10.4 Å². The first kappa shape index (κ1) is 16.3. The third kappa shape index (κ3) is 40.8. The Morgan fingerprint density at radius 2 is 1.29 bits per heavy atom. The van der Waals surface area contributed by atoms with E-state index in [1.165, 1.54) is 0 Å². The zero-order chi connectivity index (χ0) is 12.2. The Morgan fingerprint density at radius 3 is 1.29 bits per heavy atom. The van der Waals surface area contributed by atoms with Crippen molar-refractivity contribution in [3.63, 3.8) is 0 Å². The minimum atomic E-state index is -4.67. The molecular weight excluding hydrogens is 206 g/mol. The Hall–Kier alpha value is -0.170. The van der Waals surface area contributed by atoms with Crippen molar-refractivity contribution in [1.82, 2.24) is 0 Å². The molecule has 0 rings (SSSR count). The van der Waals surface area contributed by atoms with Crippen molar-refractivity contribution in [1.29, 1.82) is 0 Å². The SMILES string of the molecule is CC(C)(C)CC(C)(C)N.O=S(=O)(O)O. The largest absolute Gasteiger partial charge is 0.394 e. The topological polar surface area (TPSA) is 101 Å². The summed E-state index contributed by atoms with van der Waals surface area (Å²) in [5, 5.41) is 0. The maximum Gasteiger partial charge on any atom is 0.394 e. The normalized spacial score (nSPS) is 13.1. The fraction of sp³-hybridized carbons (Fsp3) is 1.00. The highest BCUT2D eigenvalue weighted by molar-refractivity contribution is 7.79. The average Bonchev–Trinajstić information content (AvgIpc) is 1.42. The maximum absolute atomic E-state index is 8.74. The van der Waals surface area contributed by atoms with Crippen LogP contribution in [0, 0.1) is 5.41 Å². The lowest BCUT2D eigenvalue weighted by Gasteiger charge is -2.28. The van der Waals surface area contributed by atoms with Crippen LogP contribution in [0.1, 0.15) is 41.0 Å². The third-order valence-corrected chi connectivity index (χ3v) is 0.986. The number of rotatable bonds is 1. The van der Waals surface area contributed by atoms with Gasteiger partial charge in [0.05, 0.1) is 0 Å². The molecule has 0 bridgehead atoms. The van der Waals surface area contributed by atoms with E-state index in [1.54, 1.807) is 0 Å². The van der Waals surface area contributed by atoms with Crippen molar-refractivity contribution in [3.05, 3.63) is 0 Å². The van der Waals surface area contributed by atoms with Crippen molar-refractivity contribution in [2.75, 3.05) is 0 Å². The molecule has 88 valence electrons. The summed E-state index contributed by atoms with van der Waals surface area (Å²) >= 11 is 0. The zero-order valence-corrected chi connectivity index (χ0v) is 10.2. The summed E-state index contributed by atoms with van der Waals surface area (Å²) in [4.78, 5) is 0. The van der Waals surface area contributed by atoms with Gasteiger partial charge in [0.1, 0.15) is 0 Å². The molecule has 14 heavy (non-hydrogen) atoms. The van der Waals surface area contributed by atoms with Crippen LogP contribution in [0.25, 0.3) is 0 Å². The fourth-order valence-electron chi connectivity index (χ4n) is 1.37. The molecule has 0 aromatic rings. The molecule has 0 saturated carbocycles. The molecule has 6 heteroatoms. The predicted molar refractivity (Wildman–Crippen MR) is 56.5 cm³/mol. The van der Waals surface area contributed by atoms with E-state index < -0.39 is 10.4 Å². The molecule has 4 N–H and O–H groups in total. The van der Waals surface area contributed by atoms with Gasteiger partial charge in [-0.1, -0.05) is 20.8 Å². The van der Waals surface area contributed by atoms with Crippen LogP contribution in [-0.2, 0) is 10.4 Å². The van der Waals surface area contributed by atoms with Crippen LogP contribution >= 0.6 is 0 Å². The smallest absolute Gasteiger partial charge is 0.326 e. The van der Waals surface area contributed by atoms with E-state index in [1.807, 2.05) is 0 Å². The highest BCUT2D eigenvalue weighted by Crippen LogP contribution is 2.24. The molecule has 0 aromatic carbocycles. The van der Waals surface area contributed by atoms with Crippen molar-refractivity contribution < 1.29 is 17.5 Å². The van der Waals surface area contributed by atoms with Crippen LogP contribution in [0.5, 0.6) is 0 Å². The van der Waals surface area contributed by atoms with E-state index >= 15 is 0 Å². The minimum Gasteiger partial charge on any atom is -0.326 e. The summed E-state index contributed by atoms with van der Waals surface area (Å²) in [5.41, 5.74) is 6.17. The molecule has 0 spiro atoms. The quantitative estimate of drug-likeness (QED) is 0.589. The third-order valence-electron chi connectivity index (χ3n) is 0.986. The van der Waals surface area contributed by atoms with Gasteiger partial charge in [0.25, 0.3) is 0 Å². The lowest BCUT2D eigenvalue weighted by molar-refractivity contribution is 0.286. The highest BCUT2D eigenvalue weighted by Gasteiger charge is 2.20. The summed E-state index contributed by atoms with van der Waals surface area (Å²) in [6.45, 7) is 10.8. The first-order valence-corrected chi connectivity index (χ1v) is 5.59. The van der Waals surface area contributed by atoms with Gasteiger partial charge in [0.2, 0.25) is 0 Å². The molecule has 0 radical (unpaired) electrons. The first-order valence-electron chi connectivity index (χ1n) is 4.19. The maximum atomic E-state index is 8.74. The standard InChI is InChI=1S/C8H19N.H2O4S/c1-7(2,3)6-8(4,5)9;1-5(2,3)4/h6,9H2,1-5H3;(H2,1,2,3,4). The van der Waals surface area contributed by atoms with E-state index in [2.05, 4.69) is 34.6 Å². The summed E-state index contributed by atoms with van der Waals surface area (Å²) in [7, 11) is -4.67. The molecule has 0 unspecified atom stereocenters. The second-order valence-corrected chi connectivity index (χ2v) is 6.07. The van der Waals surface area contributed by atoms with E-state index in [-0.39, 0.29) is 5.54 Å². The number of nitrogens with two attached hydrogens (primary N) is 1. The van der Waals surface area contributed by atoms with Gasteiger partial charge in [-0.3, -0.25) is 9.11 Å². The van der Waals surface area contributed by atoms with Gasteiger partial charge in [-0.05, 0) is 25.7 Å². The molecule has 0 amide bonds. The van der Waals surface area contributed by atoms with E-state index in [9.17, 15) is 0 Å². The van der Waals surface area contributed by atoms with Crippen LogP contribution in [0.4, 0.5) is 0 Å². The second-order valence-electron chi connectivity index (χ2n) is 5.17. The summed E-state index contributed by atoms with van der Waals surface area (Å²) in [6, 6.07) is 0. The fourth-order valence-corrected chi connectivity index (χ4v) is 1.37. The van der Waals surface area contributed by atoms with Crippen LogP contribution in [0.2, 0.25) is 0 Å². The molecule has 0 atom stereocenters. The molecule has 0 aromatic heterocycles. The lowest BCUT2D eigenvalue weighted by Crippen LogP contribution is -2.36. The molecular formula is C8H21NO4S. The van der Waals surface area contributed by atoms with Crippen molar-refractivity contribution in [2.45, 2.75) is 46.6 Å². The van der Waals surface area contributed by atoms with Crippen molar-refractivity contribution in [3.8, 4) is 0 Å². The lowest BCUT2D eigenvalue weighted by atomic mass is 9.82. The van der Waals surface area contributed by atoms with Crippen LogP contribution in [0.15, 0.2) is 0 Å². The Labute approximate surface area is 86.3 Å². The molecule has 5 nitrogen and oxygen atoms in total. The Balaban J connectivity index is 0. The zero-order valence-electron chi connectivity index (χ0n) is 9.40. The molecule has 0 saturated heterocycles. The van der Waals surface area contributed by atoms with Gasteiger partial charge in [0.15, 0.2) is 0 Å². The molecule has 0 aliphatic carbocycles. The van der Waals surface area contributed by atoms with E-state index in [0.717, 1.165) is 6.42 Å². The van der Waals surface area contributed by atoms with Crippen LogP contribution in [0.3, 0.4) is 0 Å². The predicted octanol–water partition coefficient (Wildman–Crippen LogP) is 1.51. The van der Waals surface area contributed by atoms with Gasteiger partial charge in [-0.25, -0.2) is 0 Å². The monoisotopic (exact) mass is 227 g/mol. The van der Waals surface area contributed by atoms with Gasteiger partial charge < -0.3 is 5.73 Å². The van der Waals surface area contributed by atoms with Gasteiger partial charge in [-0.15, -0.1) is 0 Å². The minimum absolute atomic E-state index is 0.0156. The second kappa shape index (κ2) is 5.06. The van der Waals surface area contributed by atoms with Gasteiger partial charge in [0, 0.05) is 5.54 Å². The number of hydrogen-bond donors (Lipinski definition) is 3. The summed E-state index contributed by atoms with van der Waals surface area (Å²) in [6.07, 6.45) is 1.07. The Morgan fingerprint density at radius 1 is 1.07 bits per heavy atom. The van der Waals surface area contributed by atoms with E-state index in [0.29, 0.717) is 5.41 Å². The van der Waals surface area contributed by atoms with E-state index in [4.69, 9.17) is 23.3 Å². The van der Waals surface area contributed by atoms with Crippen LogP contribution in [-0.4, -0.2) is 23.1 Å². The molecule has 0 heterocycles. The number of hydrogen-bond acceptors (Lipinski definition) is 3. The highest BCUT2D eigenvalue weighted by atomic mass is 32.3. The van der Waals surface area contributed by atoms with Crippen molar-refractivity contribution in [2.24, 2.45) is 11.1 Å². The molecule has 0 fully saturated rings. The summed E-state index contributed by atoms with van der Waals surface area (Å²) < 4.78 is 31.6.